The van der Waals surface area contributed by atoms with E-state index >= 15 is 0 Å². The molecule has 0 saturated heterocycles. The van der Waals surface area contributed by atoms with Crippen molar-refractivity contribution in [3.05, 3.63) is 109 Å². The molecule has 0 spiro atoms. The Bertz CT molecular complexity index is 1740. The van der Waals surface area contributed by atoms with Crippen molar-refractivity contribution >= 4 is 43.2 Å². The summed E-state index contributed by atoms with van der Waals surface area (Å²) in [7, 11) is 0. The number of pyridine rings is 3. The van der Waals surface area contributed by atoms with Crippen molar-refractivity contribution in [3.63, 3.8) is 0 Å². The maximum atomic E-state index is 4.95. The highest BCUT2D eigenvalue weighted by Crippen LogP contribution is 2.39. The van der Waals surface area contributed by atoms with Crippen molar-refractivity contribution < 1.29 is 0 Å². The maximum absolute atomic E-state index is 4.95. The quantitative estimate of drug-likeness (QED) is 0.277. The maximum Gasteiger partial charge on any atom is 0.0915 e. The summed E-state index contributed by atoms with van der Waals surface area (Å²) in [5, 5.41) is 5.99. The first-order valence-corrected chi connectivity index (χ1v) is 12.0. The molecule has 0 aliphatic carbocycles. The molecule has 0 aliphatic rings. The molecular formula is C29H18N4S. The Kier molecular flexibility index (Phi) is 4.29. The van der Waals surface area contributed by atoms with Crippen LogP contribution in [0.15, 0.2) is 109 Å². The van der Waals surface area contributed by atoms with Gasteiger partial charge in [-0.25, -0.2) is 4.98 Å². The van der Waals surface area contributed by atoms with Gasteiger partial charge in [-0.1, -0.05) is 36.4 Å². The molecule has 2 aromatic carbocycles. The minimum Gasteiger partial charge on any atom is -0.309 e. The van der Waals surface area contributed by atoms with Crippen LogP contribution in [0.2, 0.25) is 0 Å². The van der Waals surface area contributed by atoms with Crippen LogP contribution in [0.25, 0.3) is 60.4 Å². The lowest BCUT2D eigenvalue weighted by molar-refractivity contribution is 1.14. The number of para-hydroxylation sites is 1. The lowest BCUT2D eigenvalue weighted by Crippen LogP contribution is -1.99. The first-order valence-electron chi connectivity index (χ1n) is 11.1. The zero-order valence-corrected chi connectivity index (χ0v) is 18.9. The predicted molar refractivity (Wildman–Crippen MR) is 140 cm³/mol. The van der Waals surface area contributed by atoms with Crippen molar-refractivity contribution in [1.29, 1.82) is 0 Å². The first kappa shape index (κ1) is 19.1. The fourth-order valence-electron chi connectivity index (χ4n) is 4.69. The molecule has 0 N–H and O–H groups in total. The molecule has 0 radical (unpaired) electrons. The van der Waals surface area contributed by atoms with Gasteiger partial charge >= 0.3 is 0 Å². The summed E-state index contributed by atoms with van der Waals surface area (Å²) < 4.78 is 3.65. The van der Waals surface area contributed by atoms with Gasteiger partial charge in [-0.15, -0.1) is 11.3 Å². The Hall–Kier alpha value is -4.35. The van der Waals surface area contributed by atoms with Crippen LogP contribution in [0.3, 0.4) is 0 Å². The lowest BCUT2D eigenvalue weighted by atomic mass is 10.1. The highest BCUT2D eigenvalue weighted by atomic mass is 32.1. The zero-order chi connectivity index (χ0) is 22.5. The minimum atomic E-state index is 0.821. The summed E-state index contributed by atoms with van der Waals surface area (Å²) in [5.74, 6) is 0. The van der Waals surface area contributed by atoms with E-state index in [4.69, 9.17) is 4.98 Å². The summed E-state index contributed by atoms with van der Waals surface area (Å²) >= 11 is 1.79. The number of nitrogens with zero attached hydrogens (tertiary/aromatic N) is 4. The Morgan fingerprint density at radius 1 is 0.618 bits per heavy atom. The van der Waals surface area contributed by atoms with Crippen LogP contribution in [0, 0.1) is 0 Å². The van der Waals surface area contributed by atoms with E-state index in [1.165, 1.54) is 31.9 Å². The molecule has 0 fully saturated rings. The number of aromatic nitrogens is 4. The van der Waals surface area contributed by atoms with Crippen LogP contribution in [-0.4, -0.2) is 19.5 Å². The molecule has 0 bridgehead atoms. The molecule has 5 heteroatoms. The smallest absolute Gasteiger partial charge is 0.0915 e. The second-order valence-corrected chi connectivity index (χ2v) is 9.09. The van der Waals surface area contributed by atoms with Gasteiger partial charge in [0.15, 0.2) is 0 Å². The molecular weight excluding hydrogens is 436 g/mol. The molecule has 7 rings (SSSR count). The van der Waals surface area contributed by atoms with Gasteiger partial charge in [0.1, 0.15) is 0 Å². The number of fused-ring (bicyclic) bond motifs is 5. The highest BCUT2D eigenvalue weighted by molar-refractivity contribution is 7.18. The van der Waals surface area contributed by atoms with Gasteiger partial charge in [-0.3, -0.25) is 9.97 Å². The van der Waals surface area contributed by atoms with E-state index in [2.05, 4.69) is 74.5 Å². The van der Waals surface area contributed by atoms with Gasteiger partial charge in [0.2, 0.25) is 0 Å². The Morgan fingerprint density at radius 2 is 1.32 bits per heavy atom. The average Bonchev–Trinajstić information content (AvgIpc) is 3.52. The van der Waals surface area contributed by atoms with Gasteiger partial charge in [0.05, 0.1) is 39.5 Å². The summed E-state index contributed by atoms with van der Waals surface area (Å²) in [4.78, 5) is 14.1. The highest BCUT2D eigenvalue weighted by Gasteiger charge is 2.17. The first-order chi connectivity index (χ1) is 16.9. The fourth-order valence-corrected chi connectivity index (χ4v) is 5.65. The Morgan fingerprint density at radius 3 is 2.03 bits per heavy atom. The third-order valence-corrected chi connectivity index (χ3v) is 7.13. The molecule has 5 heterocycles. The third-order valence-electron chi connectivity index (χ3n) is 6.18. The summed E-state index contributed by atoms with van der Waals surface area (Å²) in [6.45, 7) is 0. The fraction of sp³-hybridized carbons (Fsp3) is 0. The van der Waals surface area contributed by atoms with E-state index < -0.39 is 0 Å². The van der Waals surface area contributed by atoms with E-state index in [1.807, 2.05) is 36.4 Å². The summed E-state index contributed by atoms with van der Waals surface area (Å²) in [5.41, 5.74) is 6.71. The van der Waals surface area contributed by atoms with Crippen LogP contribution in [0.4, 0.5) is 0 Å². The second-order valence-electron chi connectivity index (χ2n) is 8.18. The van der Waals surface area contributed by atoms with E-state index in [0.29, 0.717) is 0 Å². The molecule has 0 aliphatic heterocycles. The molecule has 160 valence electrons. The number of thiophene rings is 1. The predicted octanol–water partition coefficient (Wildman–Crippen LogP) is 7.52. The molecule has 0 unspecified atom stereocenters. The van der Waals surface area contributed by atoms with Crippen LogP contribution in [0.5, 0.6) is 0 Å². The van der Waals surface area contributed by atoms with Gasteiger partial charge in [-0.05, 0) is 65.4 Å². The van der Waals surface area contributed by atoms with Crippen LogP contribution < -0.4 is 0 Å². The number of hydrogen-bond acceptors (Lipinski definition) is 4. The van der Waals surface area contributed by atoms with E-state index in [-0.39, 0.29) is 0 Å². The molecule has 5 aromatic heterocycles. The molecule has 0 amide bonds. The lowest BCUT2D eigenvalue weighted by Gasteiger charge is -2.12. The van der Waals surface area contributed by atoms with E-state index in [9.17, 15) is 0 Å². The van der Waals surface area contributed by atoms with Gasteiger partial charge in [-0.2, -0.15) is 0 Å². The van der Waals surface area contributed by atoms with Crippen molar-refractivity contribution in [2.45, 2.75) is 0 Å². The second kappa shape index (κ2) is 7.61. The number of rotatable bonds is 3. The summed E-state index contributed by atoms with van der Waals surface area (Å²) in [6, 6.07) is 31.3. The van der Waals surface area contributed by atoms with Gasteiger partial charge in [0.25, 0.3) is 0 Å². The van der Waals surface area contributed by atoms with E-state index in [1.54, 1.807) is 23.7 Å². The monoisotopic (exact) mass is 454 g/mol. The molecule has 0 saturated carbocycles. The Labute approximate surface area is 199 Å². The summed E-state index contributed by atoms with van der Waals surface area (Å²) in [6.07, 6.45) is 3.61. The Balaban J connectivity index is 1.59. The normalized spacial score (nSPS) is 11.5. The average molecular weight is 455 g/mol. The minimum absolute atomic E-state index is 0.821. The van der Waals surface area contributed by atoms with Gasteiger partial charge in [0, 0.05) is 27.9 Å². The molecule has 34 heavy (non-hydrogen) atoms. The standard InChI is InChI=1S/C29H18N4S/c1-2-10-26-21(7-1)28-27(12-11-19-13-16-34-29(19)28)33(26)20-17-24(22-8-3-5-14-30-22)32-25(18-20)23-9-4-6-15-31-23/h1-18H. The van der Waals surface area contributed by atoms with Crippen LogP contribution in [0.1, 0.15) is 0 Å². The SMILES string of the molecule is c1ccc(-c2cc(-n3c4ccccc4c4c5sccc5ccc43)cc(-c3ccccn3)n2)nc1. The van der Waals surface area contributed by atoms with Crippen LogP contribution >= 0.6 is 11.3 Å². The van der Waals surface area contributed by atoms with Crippen molar-refractivity contribution in [1.82, 2.24) is 19.5 Å². The van der Waals surface area contributed by atoms with Crippen LogP contribution in [-0.2, 0) is 0 Å². The van der Waals surface area contributed by atoms with Crippen molar-refractivity contribution in [2.75, 3.05) is 0 Å². The number of hydrogen-bond donors (Lipinski definition) is 0. The van der Waals surface area contributed by atoms with Crippen molar-refractivity contribution in [3.8, 4) is 28.5 Å². The third kappa shape index (κ3) is 2.95. The zero-order valence-electron chi connectivity index (χ0n) is 18.1. The van der Waals surface area contributed by atoms with Crippen molar-refractivity contribution in [2.24, 2.45) is 0 Å². The van der Waals surface area contributed by atoms with Gasteiger partial charge < -0.3 is 4.57 Å². The largest absolute Gasteiger partial charge is 0.309 e. The molecule has 4 nitrogen and oxygen atoms in total. The number of benzene rings is 2. The molecule has 7 aromatic rings. The topological polar surface area (TPSA) is 43.6 Å². The van der Waals surface area contributed by atoms with E-state index in [0.717, 1.165) is 28.5 Å². The molecule has 0 atom stereocenters.